The quantitative estimate of drug-likeness (QED) is 0.0708. The van der Waals surface area contributed by atoms with Crippen LogP contribution in [0, 0.1) is 0 Å². The number of hydrogen-bond donors (Lipinski definition) is 2. The van der Waals surface area contributed by atoms with Crippen LogP contribution in [-0.4, -0.2) is 163 Å². The van der Waals surface area contributed by atoms with Crippen LogP contribution in [0.3, 0.4) is 0 Å². The van der Waals surface area contributed by atoms with Crippen molar-refractivity contribution in [3.63, 3.8) is 0 Å². The molecule has 0 aliphatic rings. The van der Waals surface area contributed by atoms with Gasteiger partial charge in [0.2, 0.25) is 0 Å². The first-order valence-electron chi connectivity index (χ1n) is 12.6. The first-order valence-corrected chi connectivity index (χ1v) is 13.9. The van der Waals surface area contributed by atoms with E-state index in [1.165, 1.54) is 0 Å². The molecule has 0 fully saturated rings. The van der Waals surface area contributed by atoms with Crippen molar-refractivity contribution in [2.45, 2.75) is 0 Å². The molecule has 0 rings (SSSR count). The van der Waals surface area contributed by atoms with Gasteiger partial charge in [0.25, 0.3) is 0 Å². The molecule has 0 atom stereocenters. The minimum atomic E-state index is -4.42. The molecule has 0 aliphatic heterocycles. The average molecular weight is 583 g/mol. The Kier molecular flexibility index (Phi) is 30.5. The van der Waals surface area contributed by atoms with Gasteiger partial charge in [-0.2, -0.15) is 8.42 Å². The fourth-order valence-corrected chi connectivity index (χ4v) is 2.62. The van der Waals surface area contributed by atoms with Gasteiger partial charge in [0.05, 0.1) is 145 Å². The van der Waals surface area contributed by atoms with Gasteiger partial charge in [0.15, 0.2) is 0 Å². The predicted molar refractivity (Wildman–Crippen MR) is 133 cm³/mol. The maximum Gasteiger partial charge on any atom is 0.397 e. The van der Waals surface area contributed by atoms with Crippen LogP contribution in [0.4, 0.5) is 0 Å². The third-order valence-electron chi connectivity index (χ3n) is 4.04. The van der Waals surface area contributed by atoms with E-state index in [1.54, 1.807) is 0 Å². The molecule has 0 heterocycles. The predicted octanol–water partition coefficient (Wildman–Crippen LogP) is -1.04. The molecular formula is C22H46O15S. The number of aliphatic hydroxyl groups excluding tert-OH is 1. The van der Waals surface area contributed by atoms with Crippen LogP contribution >= 0.6 is 0 Å². The Balaban J connectivity index is 3.05. The Labute approximate surface area is 225 Å². The molecular weight excluding hydrogens is 536 g/mol. The highest BCUT2D eigenvalue weighted by Crippen LogP contribution is 1.88. The van der Waals surface area contributed by atoms with Gasteiger partial charge >= 0.3 is 10.4 Å². The van der Waals surface area contributed by atoms with Gasteiger partial charge in [-0.15, -0.1) is 0 Å². The first-order chi connectivity index (χ1) is 18.6. The van der Waals surface area contributed by atoms with Gasteiger partial charge in [0.1, 0.15) is 0 Å². The number of hydrogen-bond acceptors (Lipinski definition) is 14. The van der Waals surface area contributed by atoms with Gasteiger partial charge in [-0.05, 0) is 0 Å². The molecule has 0 spiro atoms. The molecule has 0 radical (unpaired) electrons. The smallest absolute Gasteiger partial charge is 0.394 e. The van der Waals surface area contributed by atoms with E-state index in [2.05, 4.69) is 4.18 Å². The van der Waals surface area contributed by atoms with E-state index in [0.717, 1.165) is 0 Å². The minimum absolute atomic E-state index is 0.0166. The molecule has 0 aromatic heterocycles. The Morgan fingerprint density at radius 3 is 0.711 bits per heavy atom. The molecule has 0 aromatic carbocycles. The maximum atomic E-state index is 10.3. The van der Waals surface area contributed by atoms with E-state index in [9.17, 15) is 8.42 Å². The molecule has 16 heteroatoms. The third kappa shape index (κ3) is 35.4. The normalized spacial score (nSPS) is 11.9. The van der Waals surface area contributed by atoms with Gasteiger partial charge in [0, 0.05) is 0 Å². The van der Waals surface area contributed by atoms with E-state index in [-0.39, 0.29) is 26.4 Å². The summed E-state index contributed by atoms with van der Waals surface area (Å²) < 4.78 is 86.1. The summed E-state index contributed by atoms with van der Waals surface area (Å²) in [6, 6.07) is 0. The van der Waals surface area contributed by atoms with Gasteiger partial charge in [-0.1, -0.05) is 0 Å². The zero-order valence-electron chi connectivity index (χ0n) is 22.2. The van der Waals surface area contributed by atoms with Crippen molar-refractivity contribution < 1.29 is 69.6 Å². The van der Waals surface area contributed by atoms with Crippen molar-refractivity contribution >= 4 is 10.4 Å². The minimum Gasteiger partial charge on any atom is -0.394 e. The molecule has 15 nitrogen and oxygen atoms in total. The SMILES string of the molecule is O=S(=O)(O)OCCOCCOCCOCCOCCOCCOCCOCCOCCOCCOCCO. The van der Waals surface area contributed by atoms with E-state index >= 15 is 0 Å². The van der Waals surface area contributed by atoms with E-state index in [1.807, 2.05) is 0 Å². The topological polar surface area (TPSA) is 176 Å². The van der Waals surface area contributed by atoms with Crippen LogP contribution in [0.1, 0.15) is 0 Å². The Morgan fingerprint density at radius 2 is 0.526 bits per heavy atom. The second-order valence-electron chi connectivity index (χ2n) is 7.10. The van der Waals surface area contributed by atoms with Crippen molar-refractivity contribution in [1.82, 2.24) is 0 Å². The van der Waals surface area contributed by atoms with Crippen LogP contribution in [0.2, 0.25) is 0 Å². The molecule has 38 heavy (non-hydrogen) atoms. The van der Waals surface area contributed by atoms with Crippen LogP contribution in [0.5, 0.6) is 0 Å². The van der Waals surface area contributed by atoms with E-state index in [4.69, 9.17) is 57.0 Å². The van der Waals surface area contributed by atoms with E-state index < -0.39 is 10.4 Å². The molecule has 0 unspecified atom stereocenters. The molecule has 0 amide bonds. The lowest BCUT2D eigenvalue weighted by atomic mass is 10.6. The van der Waals surface area contributed by atoms with Crippen molar-refractivity contribution in [1.29, 1.82) is 0 Å². The number of ether oxygens (including phenoxy) is 10. The molecule has 0 aromatic rings. The lowest BCUT2D eigenvalue weighted by Gasteiger charge is -2.09. The van der Waals surface area contributed by atoms with Crippen molar-refractivity contribution in [3.8, 4) is 0 Å². The fraction of sp³-hybridized carbons (Fsp3) is 1.00. The van der Waals surface area contributed by atoms with Gasteiger partial charge < -0.3 is 52.5 Å². The van der Waals surface area contributed by atoms with Gasteiger partial charge in [-0.25, -0.2) is 4.18 Å². The highest BCUT2D eigenvalue weighted by Gasteiger charge is 2.02. The standard InChI is InChI=1S/C22H46O15S/c23-1-2-27-3-4-28-5-6-29-7-8-30-9-10-31-11-12-32-13-14-33-15-16-34-17-18-35-19-20-36-21-22-37-38(24,25)26/h23H,1-22H2,(H,24,25,26). The molecule has 2 N–H and O–H groups in total. The zero-order chi connectivity index (χ0) is 27.8. The molecule has 0 saturated heterocycles. The van der Waals surface area contributed by atoms with Crippen LogP contribution < -0.4 is 0 Å². The van der Waals surface area contributed by atoms with Crippen molar-refractivity contribution in [2.75, 3.05) is 145 Å². The van der Waals surface area contributed by atoms with Crippen LogP contribution in [0.25, 0.3) is 0 Å². The lowest BCUT2D eigenvalue weighted by Crippen LogP contribution is -2.15. The fourth-order valence-electron chi connectivity index (χ4n) is 2.34. The summed E-state index contributed by atoms with van der Waals surface area (Å²) in [6.07, 6.45) is 0. The number of rotatable bonds is 33. The molecule has 230 valence electrons. The van der Waals surface area contributed by atoms with Crippen LogP contribution in [-0.2, 0) is 62.0 Å². The summed E-state index contributed by atoms with van der Waals surface area (Å²) in [7, 11) is -4.42. The molecule has 0 saturated carbocycles. The monoisotopic (exact) mass is 582 g/mol. The summed E-state index contributed by atoms with van der Waals surface area (Å²) in [4.78, 5) is 0. The largest absolute Gasteiger partial charge is 0.397 e. The summed E-state index contributed by atoms with van der Waals surface area (Å²) in [5.41, 5.74) is 0. The van der Waals surface area contributed by atoms with Crippen molar-refractivity contribution in [3.05, 3.63) is 0 Å². The third-order valence-corrected chi connectivity index (χ3v) is 4.51. The summed E-state index contributed by atoms with van der Waals surface area (Å²) >= 11 is 0. The van der Waals surface area contributed by atoms with E-state index in [0.29, 0.717) is 119 Å². The maximum absolute atomic E-state index is 10.3. The second kappa shape index (κ2) is 31.0. The summed E-state index contributed by atoms with van der Waals surface area (Å²) in [5, 5.41) is 8.55. The van der Waals surface area contributed by atoms with Crippen molar-refractivity contribution in [2.24, 2.45) is 0 Å². The first kappa shape index (κ1) is 37.4. The highest BCUT2D eigenvalue weighted by atomic mass is 32.3. The average Bonchev–Trinajstić information content (AvgIpc) is 2.88. The zero-order valence-corrected chi connectivity index (χ0v) is 23.0. The summed E-state index contributed by atoms with van der Waals surface area (Å²) in [6.45, 7) is 8.17. The summed E-state index contributed by atoms with van der Waals surface area (Å²) in [5.74, 6) is 0. The Hall–Kier alpha value is -0.570. The number of aliphatic hydroxyl groups is 1. The highest BCUT2D eigenvalue weighted by molar-refractivity contribution is 7.80. The Bertz CT molecular complexity index is 553. The van der Waals surface area contributed by atoms with Crippen LogP contribution in [0.15, 0.2) is 0 Å². The molecule has 0 bridgehead atoms. The van der Waals surface area contributed by atoms with Gasteiger partial charge in [-0.3, -0.25) is 4.55 Å². The second-order valence-corrected chi connectivity index (χ2v) is 8.19. The molecule has 0 aliphatic carbocycles. The lowest BCUT2D eigenvalue weighted by molar-refractivity contribution is -0.0271. The Morgan fingerprint density at radius 1 is 0.342 bits per heavy atom.